The standard InChI is InChI=1S/C15H24N2O2S/c1-10-5-7-14(8-12(10)3)17-20(18,19)15-9-13(16)6-4-11(15)2/h4,6,9-10,12,14,17H,5,7-8,16H2,1-3H3. The molecule has 1 fully saturated rings. The topological polar surface area (TPSA) is 72.2 Å². The molecule has 0 heterocycles. The van der Waals surface area contributed by atoms with Gasteiger partial charge in [-0.3, -0.25) is 0 Å². The largest absolute Gasteiger partial charge is 0.399 e. The van der Waals surface area contributed by atoms with Crippen molar-refractivity contribution in [1.82, 2.24) is 4.72 Å². The first-order valence-electron chi connectivity index (χ1n) is 7.18. The van der Waals surface area contributed by atoms with Gasteiger partial charge in [0.05, 0.1) is 4.90 Å². The Morgan fingerprint density at radius 1 is 1.20 bits per heavy atom. The molecule has 5 heteroatoms. The summed E-state index contributed by atoms with van der Waals surface area (Å²) in [6.45, 7) is 6.22. The third-order valence-electron chi connectivity index (χ3n) is 4.42. The fraction of sp³-hybridized carbons (Fsp3) is 0.600. The van der Waals surface area contributed by atoms with Crippen molar-refractivity contribution in [1.29, 1.82) is 0 Å². The number of nitrogen functional groups attached to an aromatic ring is 1. The molecular formula is C15H24N2O2S. The van der Waals surface area contributed by atoms with Crippen LogP contribution in [0.5, 0.6) is 0 Å². The molecular weight excluding hydrogens is 272 g/mol. The Hall–Kier alpha value is -1.07. The Labute approximate surface area is 121 Å². The van der Waals surface area contributed by atoms with Gasteiger partial charge in [0.1, 0.15) is 0 Å². The number of nitrogens with two attached hydrogens (primary N) is 1. The van der Waals surface area contributed by atoms with Crippen molar-refractivity contribution in [3.05, 3.63) is 23.8 Å². The van der Waals surface area contributed by atoms with Crippen LogP contribution in [0.1, 0.15) is 38.7 Å². The summed E-state index contributed by atoms with van der Waals surface area (Å²) in [5, 5.41) is 0. The molecule has 3 atom stereocenters. The number of hydrogen-bond donors (Lipinski definition) is 2. The lowest BCUT2D eigenvalue weighted by Crippen LogP contribution is -2.40. The van der Waals surface area contributed by atoms with Crippen LogP contribution in [0, 0.1) is 18.8 Å². The first-order valence-corrected chi connectivity index (χ1v) is 8.66. The molecule has 3 unspecified atom stereocenters. The lowest BCUT2D eigenvalue weighted by atomic mass is 9.79. The molecule has 1 aromatic carbocycles. The van der Waals surface area contributed by atoms with Gasteiger partial charge >= 0.3 is 0 Å². The number of benzene rings is 1. The molecule has 0 aliphatic heterocycles. The minimum Gasteiger partial charge on any atom is -0.399 e. The van der Waals surface area contributed by atoms with Crippen LogP contribution in [0.4, 0.5) is 5.69 Å². The summed E-state index contributed by atoms with van der Waals surface area (Å²) in [6, 6.07) is 5.04. The number of anilines is 1. The summed E-state index contributed by atoms with van der Waals surface area (Å²) in [6.07, 6.45) is 2.89. The van der Waals surface area contributed by atoms with Crippen molar-refractivity contribution in [2.24, 2.45) is 11.8 Å². The smallest absolute Gasteiger partial charge is 0.241 e. The van der Waals surface area contributed by atoms with Gasteiger partial charge in [-0.15, -0.1) is 0 Å². The Kier molecular flexibility index (Phi) is 4.39. The van der Waals surface area contributed by atoms with Crippen molar-refractivity contribution in [3.63, 3.8) is 0 Å². The second-order valence-corrected chi connectivity index (χ2v) is 7.79. The Morgan fingerprint density at radius 2 is 1.90 bits per heavy atom. The summed E-state index contributed by atoms with van der Waals surface area (Å²) < 4.78 is 27.8. The van der Waals surface area contributed by atoms with Crippen LogP contribution in [0.15, 0.2) is 23.1 Å². The fourth-order valence-corrected chi connectivity index (χ4v) is 4.41. The quantitative estimate of drug-likeness (QED) is 0.842. The van der Waals surface area contributed by atoms with Crippen molar-refractivity contribution in [3.8, 4) is 0 Å². The number of aryl methyl sites for hydroxylation is 1. The molecule has 3 N–H and O–H groups in total. The predicted molar refractivity (Wildman–Crippen MR) is 81.9 cm³/mol. The third kappa shape index (κ3) is 3.33. The average Bonchev–Trinajstić information content (AvgIpc) is 2.36. The van der Waals surface area contributed by atoms with Crippen LogP contribution in [-0.4, -0.2) is 14.5 Å². The zero-order valence-corrected chi connectivity index (χ0v) is 13.2. The molecule has 1 aliphatic carbocycles. The van der Waals surface area contributed by atoms with Crippen molar-refractivity contribution < 1.29 is 8.42 Å². The zero-order chi connectivity index (χ0) is 14.9. The van der Waals surface area contributed by atoms with Crippen LogP contribution in [0.25, 0.3) is 0 Å². The van der Waals surface area contributed by atoms with E-state index in [-0.39, 0.29) is 6.04 Å². The Morgan fingerprint density at radius 3 is 2.55 bits per heavy atom. The van der Waals surface area contributed by atoms with Gasteiger partial charge < -0.3 is 5.73 Å². The van der Waals surface area contributed by atoms with Gasteiger partial charge in [0.2, 0.25) is 10.0 Å². The van der Waals surface area contributed by atoms with E-state index in [1.165, 1.54) is 6.07 Å². The van der Waals surface area contributed by atoms with Crippen LogP contribution in [0.2, 0.25) is 0 Å². The number of nitrogens with one attached hydrogen (secondary N) is 1. The highest BCUT2D eigenvalue weighted by Crippen LogP contribution is 2.30. The normalized spacial score (nSPS) is 27.4. The highest BCUT2D eigenvalue weighted by atomic mass is 32.2. The molecule has 1 aliphatic rings. The molecule has 20 heavy (non-hydrogen) atoms. The van der Waals surface area contributed by atoms with Gasteiger partial charge in [-0.05, 0) is 55.7 Å². The molecule has 0 bridgehead atoms. The van der Waals surface area contributed by atoms with E-state index >= 15 is 0 Å². The molecule has 0 radical (unpaired) electrons. The van der Waals surface area contributed by atoms with E-state index in [0.29, 0.717) is 22.4 Å². The number of rotatable bonds is 3. The predicted octanol–water partition coefficient (Wildman–Crippen LogP) is 2.68. The molecule has 112 valence electrons. The third-order valence-corrected chi connectivity index (χ3v) is 6.08. The lowest BCUT2D eigenvalue weighted by molar-refractivity contribution is 0.242. The minimum atomic E-state index is -3.48. The SMILES string of the molecule is Cc1ccc(N)cc1S(=O)(=O)NC1CCC(C)C(C)C1. The molecule has 0 saturated heterocycles. The van der Waals surface area contributed by atoms with E-state index < -0.39 is 10.0 Å². The molecule has 1 saturated carbocycles. The van der Waals surface area contributed by atoms with E-state index in [1.54, 1.807) is 19.1 Å². The van der Waals surface area contributed by atoms with Gasteiger partial charge in [-0.1, -0.05) is 19.9 Å². The first kappa shape index (κ1) is 15.3. The first-order chi connectivity index (χ1) is 9.29. The summed E-state index contributed by atoms with van der Waals surface area (Å²) in [5.74, 6) is 1.23. The Bertz CT molecular complexity index is 584. The maximum Gasteiger partial charge on any atom is 0.241 e. The summed E-state index contributed by atoms with van der Waals surface area (Å²) in [5.41, 5.74) is 6.90. The molecule has 1 aromatic rings. The van der Waals surface area contributed by atoms with Gasteiger partial charge in [-0.25, -0.2) is 13.1 Å². The highest BCUT2D eigenvalue weighted by Gasteiger charge is 2.28. The Balaban J connectivity index is 2.17. The van der Waals surface area contributed by atoms with Crippen LogP contribution in [0.3, 0.4) is 0 Å². The summed E-state index contributed by atoms with van der Waals surface area (Å²) in [7, 11) is -3.48. The molecule has 2 rings (SSSR count). The van der Waals surface area contributed by atoms with Gasteiger partial charge in [0, 0.05) is 11.7 Å². The second-order valence-electron chi connectivity index (χ2n) is 6.11. The van der Waals surface area contributed by atoms with E-state index in [1.807, 2.05) is 0 Å². The monoisotopic (exact) mass is 296 g/mol. The molecule has 0 amide bonds. The minimum absolute atomic E-state index is 0.0343. The van der Waals surface area contributed by atoms with Crippen LogP contribution >= 0.6 is 0 Å². The summed E-state index contributed by atoms with van der Waals surface area (Å²) in [4.78, 5) is 0.295. The molecule has 4 nitrogen and oxygen atoms in total. The van der Waals surface area contributed by atoms with E-state index in [0.717, 1.165) is 24.8 Å². The van der Waals surface area contributed by atoms with Crippen molar-refractivity contribution >= 4 is 15.7 Å². The number of sulfonamides is 1. The fourth-order valence-electron chi connectivity index (χ4n) is 2.84. The zero-order valence-electron chi connectivity index (χ0n) is 12.4. The maximum atomic E-state index is 12.5. The van der Waals surface area contributed by atoms with Crippen molar-refractivity contribution in [2.45, 2.75) is 51.0 Å². The highest BCUT2D eigenvalue weighted by molar-refractivity contribution is 7.89. The van der Waals surface area contributed by atoms with E-state index in [2.05, 4.69) is 18.6 Å². The molecule has 0 aromatic heterocycles. The number of hydrogen-bond acceptors (Lipinski definition) is 3. The van der Waals surface area contributed by atoms with Gasteiger partial charge in [0.15, 0.2) is 0 Å². The van der Waals surface area contributed by atoms with Gasteiger partial charge in [-0.2, -0.15) is 0 Å². The van der Waals surface area contributed by atoms with Crippen LogP contribution in [-0.2, 0) is 10.0 Å². The second kappa shape index (κ2) is 5.74. The molecule has 0 spiro atoms. The van der Waals surface area contributed by atoms with Crippen molar-refractivity contribution in [2.75, 3.05) is 5.73 Å². The van der Waals surface area contributed by atoms with E-state index in [9.17, 15) is 8.42 Å². The maximum absolute atomic E-state index is 12.5. The van der Waals surface area contributed by atoms with Crippen LogP contribution < -0.4 is 10.5 Å². The van der Waals surface area contributed by atoms with E-state index in [4.69, 9.17) is 5.73 Å². The average molecular weight is 296 g/mol. The van der Waals surface area contributed by atoms with Gasteiger partial charge in [0.25, 0.3) is 0 Å². The summed E-state index contributed by atoms with van der Waals surface area (Å²) >= 11 is 0. The lowest BCUT2D eigenvalue weighted by Gasteiger charge is -2.32.